The second-order valence-corrected chi connectivity index (χ2v) is 4.40. The molecule has 0 unspecified atom stereocenters. The van der Waals surface area contributed by atoms with Gasteiger partial charge in [0.2, 0.25) is 5.91 Å². The predicted octanol–water partition coefficient (Wildman–Crippen LogP) is 1.85. The summed E-state index contributed by atoms with van der Waals surface area (Å²) in [5.74, 6) is -0.427. The summed E-state index contributed by atoms with van der Waals surface area (Å²) >= 11 is 0. The SMILES string of the molecule is CC(C)(CN)C(=O)NCc1cccc(F)c1.Cl. The van der Waals surface area contributed by atoms with E-state index in [1.165, 1.54) is 12.1 Å². The number of carbonyl (C=O) groups is 1. The number of hydrogen-bond donors (Lipinski definition) is 2. The van der Waals surface area contributed by atoms with Crippen molar-refractivity contribution in [2.45, 2.75) is 20.4 Å². The molecule has 0 heterocycles. The van der Waals surface area contributed by atoms with Crippen molar-refractivity contribution in [3.05, 3.63) is 35.6 Å². The fraction of sp³-hybridized carbons (Fsp3) is 0.417. The maximum Gasteiger partial charge on any atom is 0.227 e. The van der Waals surface area contributed by atoms with Gasteiger partial charge in [0, 0.05) is 13.1 Å². The third-order valence-electron chi connectivity index (χ3n) is 2.47. The lowest BCUT2D eigenvalue weighted by atomic mass is 9.92. The number of nitrogens with two attached hydrogens (primary N) is 1. The number of benzene rings is 1. The molecular formula is C12H18ClFN2O. The second kappa shape index (κ2) is 6.57. The number of amides is 1. The van der Waals surface area contributed by atoms with Crippen LogP contribution in [0, 0.1) is 11.2 Å². The molecule has 17 heavy (non-hydrogen) atoms. The molecule has 0 radical (unpaired) electrons. The zero-order valence-electron chi connectivity index (χ0n) is 10.00. The van der Waals surface area contributed by atoms with Crippen LogP contribution in [0.15, 0.2) is 24.3 Å². The molecule has 96 valence electrons. The van der Waals surface area contributed by atoms with Gasteiger partial charge in [0.05, 0.1) is 5.41 Å². The highest BCUT2D eigenvalue weighted by Gasteiger charge is 2.25. The summed E-state index contributed by atoms with van der Waals surface area (Å²) in [4.78, 5) is 11.7. The summed E-state index contributed by atoms with van der Waals surface area (Å²) in [6.07, 6.45) is 0. The lowest BCUT2D eigenvalue weighted by Gasteiger charge is -2.21. The quantitative estimate of drug-likeness (QED) is 0.868. The Balaban J connectivity index is 0.00000256. The molecule has 1 amide bonds. The summed E-state index contributed by atoms with van der Waals surface area (Å²) in [7, 11) is 0. The minimum absolute atomic E-state index is 0. The van der Waals surface area contributed by atoms with Crippen molar-refractivity contribution in [3.63, 3.8) is 0 Å². The van der Waals surface area contributed by atoms with Crippen LogP contribution >= 0.6 is 12.4 Å². The molecule has 0 aromatic heterocycles. The Morgan fingerprint density at radius 1 is 1.47 bits per heavy atom. The highest BCUT2D eigenvalue weighted by molar-refractivity contribution is 5.85. The zero-order chi connectivity index (χ0) is 12.2. The molecule has 0 saturated heterocycles. The van der Waals surface area contributed by atoms with Gasteiger partial charge in [-0.15, -0.1) is 12.4 Å². The molecule has 3 nitrogen and oxygen atoms in total. The van der Waals surface area contributed by atoms with E-state index < -0.39 is 5.41 Å². The van der Waals surface area contributed by atoms with Crippen LogP contribution in [0.25, 0.3) is 0 Å². The Bertz CT molecular complexity index is 383. The largest absolute Gasteiger partial charge is 0.352 e. The van der Waals surface area contributed by atoms with E-state index in [1.807, 2.05) is 0 Å². The van der Waals surface area contributed by atoms with Gasteiger partial charge in [-0.3, -0.25) is 4.79 Å². The van der Waals surface area contributed by atoms with Crippen LogP contribution in [0.1, 0.15) is 19.4 Å². The first kappa shape index (κ1) is 15.9. The Hall–Kier alpha value is -1.13. The Labute approximate surface area is 107 Å². The Kier molecular flexibility index (Phi) is 6.13. The molecule has 0 aliphatic carbocycles. The summed E-state index contributed by atoms with van der Waals surface area (Å²) < 4.78 is 12.9. The van der Waals surface area contributed by atoms with Crippen molar-refractivity contribution in [3.8, 4) is 0 Å². The van der Waals surface area contributed by atoms with Crippen LogP contribution in [0.4, 0.5) is 4.39 Å². The molecule has 1 rings (SSSR count). The topological polar surface area (TPSA) is 55.1 Å². The van der Waals surface area contributed by atoms with E-state index >= 15 is 0 Å². The van der Waals surface area contributed by atoms with Gasteiger partial charge in [0.15, 0.2) is 0 Å². The molecule has 0 aliphatic heterocycles. The van der Waals surface area contributed by atoms with Crippen molar-refractivity contribution in [2.24, 2.45) is 11.1 Å². The molecular weight excluding hydrogens is 243 g/mol. The maximum atomic E-state index is 12.9. The van der Waals surface area contributed by atoms with Crippen molar-refractivity contribution >= 4 is 18.3 Å². The Morgan fingerprint density at radius 3 is 2.65 bits per heavy atom. The van der Waals surface area contributed by atoms with E-state index in [9.17, 15) is 9.18 Å². The number of hydrogen-bond acceptors (Lipinski definition) is 2. The summed E-state index contributed by atoms with van der Waals surface area (Å²) in [5, 5.41) is 2.73. The van der Waals surface area contributed by atoms with Gasteiger partial charge in [0.25, 0.3) is 0 Å². The first-order valence-corrected chi connectivity index (χ1v) is 5.18. The molecule has 0 bridgehead atoms. The third kappa shape index (κ3) is 4.71. The Morgan fingerprint density at radius 2 is 2.12 bits per heavy atom. The van der Waals surface area contributed by atoms with Gasteiger partial charge in [-0.05, 0) is 31.5 Å². The first-order chi connectivity index (χ1) is 7.45. The molecule has 3 N–H and O–H groups in total. The summed E-state index contributed by atoms with van der Waals surface area (Å²) in [6, 6.07) is 6.15. The summed E-state index contributed by atoms with van der Waals surface area (Å²) in [6.45, 7) is 4.14. The van der Waals surface area contributed by atoms with Crippen molar-refractivity contribution in [2.75, 3.05) is 6.54 Å². The minimum atomic E-state index is -0.590. The third-order valence-corrected chi connectivity index (χ3v) is 2.47. The molecule has 0 fully saturated rings. The van der Waals surface area contributed by atoms with Gasteiger partial charge in [-0.2, -0.15) is 0 Å². The highest BCUT2D eigenvalue weighted by atomic mass is 35.5. The maximum absolute atomic E-state index is 12.9. The standard InChI is InChI=1S/C12H17FN2O.ClH/c1-12(2,8-14)11(16)15-7-9-4-3-5-10(13)6-9;/h3-6H,7-8,14H2,1-2H3,(H,15,16);1H. The number of rotatable bonds is 4. The van der Waals surface area contributed by atoms with Gasteiger partial charge < -0.3 is 11.1 Å². The zero-order valence-corrected chi connectivity index (χ0v) is 10.8. The highest BCUT2D eigenvalue weighted by Crippen LogP contribution is 2.12. The van der Waals surface area contributed by atoms with E-state index in [0.717, 1.165) is 5.56 Å². The molecule has 0 saturated carbocycles. The normalized spacial score (nSPS) is 10.6. The minimum Gasteiger partial charge on any atom is -0.352 e. The van der Waals surface area contributed by atoms with Crippen LogP contribution in [-0.2, 0) is 11.3 Å². The van der Waals surface area contributed by atoms with E-state index in [4.69, 9.17) is 5.73 Å². The average molecular weight is 261 g/mol. The van der Waals surface area contributed by atoms with E-state index in [0.29, 0.717) is 6.54 Å². The molecule has 5 heteroatoms. The fourth-order valence-corrected chi connectivity index (χ4v) is 1.16. The monoisotopic (exact) mass is 260 g/mol. The van der Waals surface area contributed by atoms with Gasteiger partial charge in [0.1, 0.15) is 5.82 Å². The number of halogens is 2. The van der Waals surface area contributed by atoms with E-state index in [-0.39, 0.29) is 30.7 Å². The van der Waals surface area contributed by atoms with E-state index in [2.05, 4.69) is 5.32 Å². The number of carbonyl (C=O) groups excluding carboxylic acids is 1. The molecule has 0 atom stereocenters. The smallest absolute Gasteiger partial charge is 0.227 e. The molecule has 0 aliphatic rings. The number of nitrogens with one attached hydrogen (secondary N) is 1. The van der Waals surface area contributed by atoms with Crippen LogP contribution < -0.4 is 11.1 Å². The van der Waals surface area contributed by atoms with Crippen molar-refractivity contribution in [1.82, 2.24) is 5.32 Å². The fourth-order valence-electron chi connectivity index (χ4n) is 1.16. The predicted molar refractivity (Wildman–Crippen MR) is 68.3 cm³/mol. The van der Waals surface area contributed by atoms with Crippen LogP contribution in [0.2, 0.25) is 0 Å². The van der Waals surface area contributed by atoms with Gasteiger partial charge in [-0.1, -0.05) is 12.1 Å². The average Bonchev–Trinajstić information content (AvgIpc) is 2.26. The molecule has 1 aromatic rings. The van der Waals surface area contributed by atoms with Crippen LogP contribution in [0.5, 0.6) is 0 Å². The second-order valence-electron chi connectivity index (χ2n) is 4.40. The first-order valence-electron chi connectivity index (χ1n) is 5.18. The van der Waals surface area contributed by atoms with Gasteiger partial charge >= 0.3 is 0 Å². The molecule has 1 aromatic carbocycles. The van der Waals surface area contributed by atoms with E-state index in [1.54, 1.807) is 26.0 Å². The lowest BCUT2D eigenvalue weighted by molar-refractivity contribution is -0.129. The van der Waals surface area contributed by atoms with Crippen LogP contribution in [-0.4, -0.2) is 12.5 Å². The van der Waals surface area contributed by atoms with Crippen molar-refractivity contribution in [1.29, 1.82) is 0 Å². The van der Waals surface area contributed by atoms with Gasteiger partial charge in [-0.25, -0.2) is 4.39 Å². The van der Waals surface area contributed by atoms with Crippen molar-refractivity contribution < 1.29 is 9.18 Å². The van der Waals surface area contributed by atoms with Crippen LogP contribution in [0.3, 0.4) is 0 Å². The molecule has 0 spiro atoms. The summed E-state index contributed by atoms with van der Waals surface area (Å²) in [5.41, 5.74) is 5.63. The lowest BCUT2D eigenvalue weighted by Crippen LogP contribution is -2.41.